The minimum absolute atomic E-state index is 0.494. The molecule has 3 N–H and O–H groups in total. The van der Waals surface area contributed by atoms with E-state index in [1.165, 1.54) is 0 Å². The summed E-state index contributed by atoms with van der Waals surface area (Å²) in [4.78, 5) is 11.6. The highest BCUT2D eigenvalue weighted by atomic mass is 32.2. The molecule has 18 heavy (non-hydrogen) atoms. The molecule has 0 aliphatic carbocycles. The molecule has 5 nitrogen and oxygen atoms in total. The zero-order valence-electron chi connectivity index (χ0n) is 10.5. The molecule has 1 atom stereocenters. The van der Waals surface area contributed by atoms with Gasteiger partial charge >= 0.3 is 0 Å². The average Bonchev–Trinajstić information content (AvgIpc) is 2.30. The highest BCUT2D eigenvalue weighted by molar-refractivity contribution is 7.92. The third-order valence-electron chi connectivity index (χ3n) is 2.71. The van der Waals surface area contributed by atoms with E-state index in [2.05, 4.69) is 5.32 Å². The van der Waals surface area contributed by atoms with Gasteiger partial charge in [-0.3, -0.25) is 4.79 Å². The molecule has 0 radical (unpaired) electrons. The second-order valence-corrected chi connectivity index (χ2v) is 6.62. The van der Waals surface area contributed by atoms with Crippen LogP contribution in [0.1, 0.15) is 20.3 Å². The van der Waals surface area contributed by atoms with Crippen LogP contribution in [-0.2, 0) is 14.6 Å². The number of carbonyl (C=O) groups is 1. The summed E-state index contributed by atoms with van der Waals surface area (Å²) >= 11 is 0. The van der Waals surface area contributed by atoms with Crippen molar-refractivity contribution < 1.29 is 13.2 Å². The summed E-state index contributed by atoms with van der Waals surface area (Å²) in [7, 11) is -3.37. The van der Waals surface area contributed by atoms with Gasteiger partial charge in [0, 0.05) is 11.4 Å². The predicted molar refractivity (Wildman–Crippen MR) is 73.0 cm³/mol. The highest BCUT2D eigenvalue weighted by Gasteiger charge is 2.22. The van der Waals surface area contributed by atoms with Crippen molar-refractivity contribution in [3.05, 3.63) is 24.3 Å². The molecule has 1 rings (SSSR count). The number of rotatable bonds is 5. The van der Waals surface area contributed by atoms with E-state index in [4.69, 9.17) is 5.73 Å². The maximum atomic E-state index is 11.7. The number of nitrogen functional groups attached to an aromatic ring is 1. The van der Waals surface area contributed by atoms with Crippen LogP contribution >= 0.6 is 0 Å². The molecule has 0 aliphatic rings. The third-order valence-corrected chi connectivity index (χ3v) is 4.94. The van der Waals surface area contributed by atoms with Gasteiger partial charge in [0.15, 0.2) is 9.84 Å². The summed E-state index contributed by atoms with van der Waals surface area (Å²) in [6, 6.07) is 6.53. The summed E-state index contributed by atoms with van der Waals surface area (Å²) in [6.07, 6.45) is 0.498. The van der Waals surface area contributed by atoms with Crippen LogP contribution in [0, 0.1) is 0 Å². The number of amides is 1. The van der Waals surface area contributed by atoms with E-state index in [-0.39, 0.29) is 0 Å². The van der Waals surface area contributed by atoms with Gasteiger partial charge in [0.25, 0.3) is 0 Å². The Labute approximate surface area is 107 Å². The van der Waals surface area contributed by atoms with Gasteiger partial charge in [0.2, 0.25) is 5.91 Å². The summed E-state index contributed by atoms with van der Waals surface area (Å²) < 4.78 is 23.5. The summed E-state index contributed by atoms with van der Waals surface area (Å²) in [6.45, 7) is 3.38. The minimum Gasteiger partial charge on any atom is -0.399 e. The van der Waals surface area contributed by atoms with Crippen LogP contribution in [0.2, 0.25) is 0 Å². The third kappa shape index (κ3) is 4.03. The number of anilines is 2. The van der Waals surface area contributed by atoms with E-state index < -0.39 is 26.7 Å². The lowest BCUT2D eigenvalue weighted by atomic mass is 10.3. The average molecular weight is 270 g/mol. The SMILES string of the molecule is CCC(C)S(=O)(=O)CC(=O)Nc1ccc(N)cc1. The fraction of sp³-hybridized carbons (Fsp3) is 0.417. The molecule has 0 aromatic heterocycles. The molecule has 0 saturated carbocycles. The van der Waals surface area contributed by atoms with Gasteiger partial charge in [0.05, 0.1) is 5.25 Å². The molecule has 6 heteroatoms. The van der Waals surface area contributed by atoms with Gasteiger partial charge in [-0.05, 0) is 37.6 Å². The van der Waals surface area contributed by atoms with Crippen molar-refractivity contribution in [1.82, 2.24) is 0 Å². The first-order valence-electron chi connectivity index (χ1n) is 5.72. The Kier molecular flexibility index (Phi) is 4.72. The monoisotopic (exact) mass is 270 g/mol. The Morgan fingerprint density at radius 1 is 1.33 bits per heavy atom. The Hall–Kier alpha value is -1.56. The van der Waals surface area contributed by atoms with Crippen molar-refractivity contribution in [2.45, 2.75) is 25.5 Å². The van der Waals surface area contributed by atoms with Crippen molar-refractivity contribution in [2.24, 2.45) is 0 Å². The lowest BCUT2D eigenvalue weighted by molar-refractivity contribution is -0.113. The summed E-state index contributed by atoms with van der Waals surface area (Å²) in [5.74, 6) is -1.02. The number of hydrogen-bond donors (Lipinski definition) is 2. The number of hydrogen-bond acceptors (Lipinski definition) is 4. The van der Waals surface area contributed by atoms with Gasteiger partial charge in [-0.1, -0.05) is 6.92 Å². The zero-order chi connectivity index (χ0) is 13.8. The molecule has 0 aliphatic heterocycles. The number of nitrogens with two attached hydrogens (primary N) is 1. The second kappa shape index (κ2) is 5.86. The lowest BCUT2D eigenvalue weighted by Crippen LogP contribution is -2.29. The Balaban J connectivity index is 2.65. The number of benzene rings is 1. The largest absolute Gasteiger partial charge is 0.399 e. The van der Waals surface area contributed by atoms with E-state index in [0.29, 0.717) is 17.8 Å². The van der Waals surface area contributed by atoms with Crippen molar-refractivity contribution in [2.75, 3.05) is 16.8 Å². The van der Waals surface area contributed by atoms with Gasteiger partial charge < -0.3 is 11.1 Å². The van der Waals surface area contributed by atoms with Crippen molar-refractivity contribution in [3.8, 4) is 0 Å². The first kappa shape index (κ1) is 14.5. The molecule has 0 bridgehead atoms. The number of carbonyl (C=O) groups excluding carboxylic acids is 1. The smallest absolute Gasteiger partial charge is 0.239 e. The molecule has 100 valence electrons. The van der Waals surface area contributed by atoms with Gasteiger partial charge in [0.1, 0.15) is 5.75 Å². The molecular weight excluding hydrogens is 252 g/mol. The van der Waals surface area contributed by atoms with E-state index in [0.717, 1.165) is 0 Å². The number of nitrogens with one attached hydrogen (secondary N) is 1. The highest BCUT2D eigenvalue weighted by Crippen LogP contribution is 2.11. The molecule has 0 spiro atoms. The molecular formula is C12H18N2O3S. The van der Waals surface area contributed by atoms with Gasteiger partial charge in [-0.15, -0.1) is 0 Å². The predicted octanol–water partition coefficient (Wildman–Crippen LogP) is 1.42. The van der Waals surface area contributed by atoms with E-state index >= 15 is 0 Å². The molecule has 1 aromatic rings. The van der Waals surface area contributed by atoms with Crippen LogP contribution in [0.4, 0.5) is 11.4 Å². The Morgan fingerprint density at radius 3 is 2.39 bits per heavy atom. The first-order valence-corrected chi connectivity index (χ1v) is 7.43. The summed E-state index contributed by atoms with van der Waals surface area (Å²) in [5.41, 5.74) is 6.63. The topological polar surface area (TPSA) is 89.3 Å². The van der Waals surface area contributed by atoms with Crippen LogP contribution in [0.3, 0.4) is 0 Å². The Bertz CT molecular complexity index is 509. The van der Waals surface area contributed by atoms with Crippen LogP contribution in [-0.4, -0.2) is 25.3 Å². The standard InChI is InChI=1S/C12H18N2O3S/c1-3-9(2)18(16,17)8-12(15)14-11-6-4-10(13)5-7-11/h4-7,9H,3,8,13H2,1-2H3,(H,14,15). The molecule has 0 heterocycles. The zero-order valence-corrected chi connectivity index (χ0v) is 11.3. The summed E-state index contributed by atoms with van der Waals surface area (Å²) in [5, 5.41) is 2.03. The normalized spacial score (nSPS) is 13.0. The maximum Gasteiger partial charge on any atom is 0.239 e. The van der Waals surface area contributed by atoms with Crippen molar-refractivity contribution in [3.63, 3.8) is 0 Å². The fourth-order valence-corrected chi connectivity index (χ4v) is 2.57. The van der Waals surface area contributed by atoms with Crippen LogP contribution in [0.5, 0.6) is 0 Å². The molecule has 1 aromatic carbocycles. The Morgan fingerprint density at radius 2 is 1.89 bits per heavy atom. The van der Waals surface area contributed by atoms with Crippen LogP contribution in [0.15, 0.2) is 24.3 Å². The lowest BCUT2D eigenvalue weighted by Gasteiger charge is -2.10. The van der Waals surface area contributed by atoms with Crippen LogP contribution < -0.4 is 11.1 Å². The molecule has 0 fully saturated rings. The van der Waals surface area contributed by atoms with E-state index in [1.807, 2.05) is 0 Å². The maximum absolute atomic E-state index is 11.7. The van der Waals surface area contributed by atoms with Crippen molar-refractivity contribution in [1.29, 1.82) is 0 Å². The minimum atomic E-state index is -3.37. The van der Waals surface area contributed by atoms with Crippen molar-refractivity contribution >= 4 is 27.1 Å². The molecule has 1 unspecified atom stereocenters. The first-order chi connectivity index (χ1) is 8.35. The molecule has 1 amide bonds. The second-order valence-electron chi connectivity index (χ2n) is 4.20. The van der Waals surface area contributed by atoms with Crippen LogP contribution in [0.25, 0.3) is 0 Å². The fourth-order valence-electron chi connectivity index (χ4n) is 1.34. The van der Waals surface area contributed by atoms with Gasteiger partial charge in [-0.25, -0.2) is 8.42 Å². The number of sulfone groups is 1. The quantitative estimate of drug-likeness (QED) is 0.792. The van der Waals surface area contributed by atoms with Gasteiger partial charge in [-0.2, -0.15) is 0 Å². The molecule has 0 saturated heterocycles. The van der Waals surface area contributed by atoms with E-state index in [1.54, 1.807) is 38.1 Å². The van der Waals surface area contributed by atoms with E-state index in [9.17, 15) is 13.2 Å².